The zero-order chi connectivity index (χ0) is 21.3. The molecule has 0 bridgehead atoms. The highest BCUT2D eigenvalue weighted by Crippen LogP contribution is 2.24. The van der Waals surface area contributed by atoms with Crippen molar-refractivity contribution in [1.82, 2.24) is 0 Å². The van der Waals surface area contributed by atoms with Crippen molar-refractivity contribution < 1.29 is 14.2 Å². The lowest BCUT2D eigenvalue weighted by Gasteiger charge is -2.10. The third-order valence-corrected chi connectivity index (χ3v) is 4.76. The van der Waals surface area contributed by atoms with E-state index in [0.29, 0.717) is 19.8 Å². The van der Waals surface area contributed by atoms with Crippen LogP contribution >= 0.6 is 0 Å². The first-order valence-corrected chi connectivity index (χ1v) is 10.2. The van der Waals surface area contributed by atoms with Gasteiger partial charge in [0, 0.05) is 6.54 Å². The molecule has 0 aromatic heterocycles. The third-order valence-electron chi connectivity index (χ3n) is 4.76. The minimum absolute atomic E-state index is 0.484. The molecule has 2 N–H and O–H groups in total. The summed E-state index contributed by atoms with van der Waals surface area (Å²) in [5.74, 6) is 3.21. The maximum absolute atomic E-state index is 5.93. The molecule has 31 heavy (non-hydrogen) atoms. The van der Waals surface area contributed by atoms with Gasteiger partial charge in [0.2, 0.25) is 0 Å². The van der Waals surface area contributed by atoms with Crippen LogP contribution in [0.15, 0.2) is 103 Å². The normalized spacial score (nSPS) is 10.5. The van der Waals surface area contributed by atoms with Crippen LogP contribution in [0.4, 0.5) is 0 Å². The number of hydrogen-bond donors (Lipinski definition) is 1. The second-order valence-corrected chi connectivity index (χ2v) is 7.13. The van der Waals surface area contributed by atoms with Crippen molar-refractivity contribution >= 4 is 0 Å². The van der Waals surface area contributed by atoms with E-state index in [1.807, 2.05) is 97.1 Å². The lowest BCUT2D eigenvalue weighted by atomic mass is 10.1. The van der Waals surface area contributed by atoms with E-state index in [1.54, 1.807) is 0 Å². The van der Waals surface area contributed by atoms with Gasteiger partial charge in [-0.25, -0.2) is 0 Å². The van der Waals surface area contributed by atoms with E-state index in [-0.39, 0.29) is 0 Å². The highest BCUT2D eigenvalue weighted by molar-refractivity contribution is 5.35. The van der Waals surface area contributed by atoms with Gasteiger partial charge < -0.3 is 19.9 Å². The lowest BCUT2D eigenvalue weighted by Crippen LogP contribution is -2.00. The van der Waals surface area contributed by atoms with E-state index in [9.17, 15) is 0 Å². The van der Waals surface area contributed by atoms with E-state index in [1.165, 1.54) is 0 Å². The molecule has 4 rings (SSSR count). The molecule has 0 aliphatic rings. The van der Waals surface area contributed by atoms with E-state index in [4.69, 9.17) is 19.9 Å². The highest BCUT2D eigenvalue weighted by Gasteiger charge is 2.02. The molecule has 0 heterocycles. The average molecular weight is 412 g/mol. The molecule has 0 saturated heterocycles. The summed E-state index contributed by atoms with van der Waals surface area (Å²) in [7, 11) is 0. The molecule has 4 heteroatoms. The highest BCUT2D eigenvalue weighted by atomic mass is 16.5. The van der Waals surface area contributed by atoms with Crippen molar-refractivity contribution in [3.8, 4) is 23.0 Å². The molecule has 0 spiro atoms. The van der Waals surface area contributed by atoms with Crippen molar-refractivity contribution in [2.75, 3.05) is 0 Å². The van der Waals surface area contributed by atoms with Gasteiger partial charge in [-0.2, -0.15) is 0 Å². The van der Waals surface area contributed by atoms with Crippen LogP contribution in [0.1, 0.15) is 16.7 Å². The van der Waals surface area contributed by atoms with Gasteiger partial charge in [-0.15, -0.1) is 0 Å². The molecule has 4 aromatic rings. The molecular formula is C27H25NO3. The molecule has 0 unspecified atom stereocenters. The van der Waals surface area contributed by atoms with Crippen molar-refractivity contribution in [2.24, 2.45) is 5.73 Å². The Morgan fingerprint density at radius 2 is 1.00 bits per heavy atom. The molecule has 4 aromatic carbocycles. The molecule has 0 aliphatic carbocycles. The Labute approximate surface area is 182 Å². The number of hydrogen-bond acceptors (Lipinski definition) is 4. The van der Waals surface area contributed by atoms with Crippen LogP contribution in [-0.2, 0) is 19.8 Å². The van der Waals surface area contributed by atoms with Crippen LogP contribution in [0.2, 0.25) is 0 Å². The summed E-state index contributed by atoms with van der Waals surface area (Å²) in [5, 5.41) is 0. The molecule has 0 amide bonds. The standard InChI is InChI=1S/C27H25NO3/c28-18-21-9-11-24(12-10-21)29-19-22-5-4-6-23(17-22)20-30-25-13-15-27(16-14-25)31-26-7-2-1-3-8-26/h1-17H,18-20,28H2. The molecule has 4 nitrogen and oxygen atoms in total. The molecule has 0 fully saturated rings. The quantitative estimate of drug-likeness (QED) is 0.362. The molecule has 0 radical (unpaired) electrons. The SMILES string of the molecule is NCc1ccc(OCc2cccc(COc3ccc(Oc4ccccc4)cc3)c2)cc1. The van der Waals surface area contributed by atoms with Crippen LogP contribution in [0.25, 0.3) is 0 Å². The third kappa shape index (κ3) is 6.11. The van der Waals surface area contributed by atoms with Gasteiger partial charge in [-0.05, 0) is 71.3 Å². The van der Waals surface area contributed by atoms with E-state index in [0.717, 1.165) is 39.7 Å². The number of nitrogens with two attached hydrogens (primary N) is 1. The van der Waals surface area contributed by atoms with Crippen LogP contribution in [-0.4, -0.2) is 0 Å². The topological polar surface area (TPSA) is 53.7 Å². The van der Waals surface area contributed by atoms with Gasteiger partial charge in [-0.3, -0.25) is 0 Å². The van der Waals surface area contributed by atoms with Gasteiger partial charge in [0.1, 0.15) is 36.2 Å². The Balaban J connectivity index is 1.29. The summed E-state index contributed by atoms with van der Waals surface area (Å²) in [4.78, 5) is 0. The average Bonchev–Trinajstić information content (AvgIpc) is 2.83. The van der Waals surface area contributed by atoms with E-state index >= 15 is 0 Å². The van der Waals surface area contributed by atoms with Gasteiger partial charge in [0.05, 0.1) is 0 Å². The zero-order valence-corrected chi connectivity index (χ0v) is 17.2. The first kappa shape index (κ1) is 20.5. The number of rotatable bonds is 9. The number of benzene rings is 4. The Hall–Kier alpha value is -3.76. The first-order chi connectivity index (χ1) is 15.3. The second kappa shape index (κ2) is 10.3. The maximum atomic E-state index is 5.93. The summed E-state index contributed by atoms with van der Waals surface area (Å²) in [5.41, 5.74) is 8.90. The summed E-state index contributed by atoms with van der Waals surface area (Å²) >= 11 is 0. The monoisotopic (exact) mass is 411 g/mol. The van der Waals surface area contributed by atoms with Crippen molar-refractivity contribution in [3.05, 3.63) is 120 Å². The summed E-state index contributed by atoms with van der Waals surface area (Å²) in [6, 6.07) is 33.4. The Bertz CT molecular complexity index is 1080. The maximum Gasteiger partial charge on any atom is 0.127 e. The van der Waals surface area contributed by atoms with Crippen LogP contribution in [0.5, 0.6) is 23.0 Å². The minimum atomic E-state index is 0.484. The zero-order valence-electron chi connectivity index (χ0n) is 17.2. The number of ether oxygens (including phenoxy) is 3. The largest absolute Gasteiger partial charge is 0.489 e. The Kier molecular flexibility index (Phi) is 6.83. The summed E-state index contributed by atoms with van der Waals surface area (Å²) in [6.07, 6.45) is 0. The lowest BCUT2D eigenvalue weighted by molar-refractivity contribution is 0.299. The van der Waals surface area contributed by atoms with Gasteiger partial charge >= 0.3 is 0 Å². The predicted octanol–water partition coefficient (Wildman–Crippen LogP) is 6.10. The predicted molar refractivity (Wildman–Crippen MR) is 122 cm³/mol. The van der Waals surface area contributed by atoms with Crippen molar-refractivity contribution in [3.63, 3.8) is 0 Å². The summed E-state index contributed by atoms with van der Waals surface area (Å²) < 4.78 is 17.6. The first-order valence-electron chi connectivity index (χ1n) is 10.2. The van der Waals surface area contributed by atoms with Gasteiger partial charge in [0.25, 0.3) is 0 Å². The fraction of sp³-hybridized carbons (Fsp3) is 0.111. The van der Waals surface area contributed by atoms with Crippen molar-refractivity contribution in [1.29, 1.82) is 0 Å². The van der Waals surface area contributed by atoms with Crippen LogP contribution in [0.3, 0.4) is 0 Å². The van der Waals surface area contributed by atoms with E-state index in [2.05, 4.69) is 6.07 Å². The van der Waals surface area contributed by atoms with E-state index < -0.39 is 0 Å². The molecular weight excluding hydrogens is 386 g/mol. The Morgan fingerprint density at radius 3 is 1.58 bits per heavy atom. The van der Waals surface area contributed by atoms with Gasteiger partial charge in [-0.1, -0.05) is 48.5 Å². The molecule has 0 atom stereocenters. The van der Waals surface area contributed by atoms with Crippen molar-refractivity contribution in [2.45, 2.75) is 19.8 Å². The number of para-hydroxylation sites is 1. The fourth-order valence-electron chi connectivity index (χ4n) is 3.09. The smallest absolute Gasteiger partial charge is 0.127 e. The molecule has 156 valence electrons. The Morgan fingerprint density at radius 1 is 0.484 bits per heavy atom. The fourth-order valence-corrected chi connectivity index (χ4v) is 3.09. The van der Waals surface area contributed by atoms with Crippen LogP contribution < -0.4 is 19.9 Å². The summed E-state index contributed by atoms with van der Waals surface area (Å²) in [6.45, 7) is 1.52. The van der Waals surface area contributed by atoms with Gasteiger partial charge in [0.15, 0.2) is 0 Å². The molecule has 0 saturated carbocycles. The second-order valence-electron chi connectivity index (χ2n) is 7.13. The minimum Gasteiger partial charge on any atom is -0.489 e. The van der Waals surface area contributed by atoms with Crippen LogP contribution in [0, 0.1) is 0 Å². The molecule has 0 aliphatic heterocycles.